The van der Waals surface area contributed by atoms with Gasteiger partial charge < -0.3 is 10.4 Å². The number of carboxylic acid groups (broad SMARTS) is 1. The molecule has 25 heavy (non-hydrogen) atoms. The largest absolute Gasteiger partial charge is 0.480 e. The van der Waals surface area contributed by atoms with Gasteiger partial charge in [0.25, 0.3) is 5.91 Å². The molecule has 0 aliphatic carbocycles. The number of hydrogen-bond donors (Lipinski definition) is 3. The molecule has 0 fully saturated rings. The van der Waals surface area contributed by atoms with E-state index in [9.17, 15) is 19.5 Å². The fraction of sp³-hybridized carbons (Fsp3) is 0.125. The topological polar surface area (TPSA) is 117 Å². The second-order valence-electron chi connectivity index (χ2n) is 5.37. The van der Waals surface area contributed by atoms with E-state index in [0.717, 1.165) is 0 Å². The number of H-pyrrole nitrogens is 1. The van der Waals surface area contributed by atoms with Crippen molar-refractivity contribution in [2.24, 2.45) is 0 Å². The first kappa shape index (κ1) is 16.7. The lowest BCUT2D eigenvalue weighted by Crippen LogP contribution is -2.42. The summed E-state index contributed by atoms with van der Waals surface area (Å²) in [5.74, 6) is -1.78. The van der Waals surface area contributed by atoms with E-state index in [1.165, 1.54) is 22.7 Å². The van der Waals surface area contributed by atoms with Crippen molar-refractivity contribution >= 4 is 29.1 Å². The van der Waals surface area contributed by atoms with Crippen LogP contribution in [0.1, 0.15) is 15.9 Å². The van der Waals surface area contributed by atoms with E-state index in [4.69, 9.17) is 11.6 Å². The van der Waals surface area contributed by atoms with E-state index in [1.54, 1.807) is 24.3 Å². The molecule has 3 aromatic rings. The number of aromatic nitrogens is 3. The van der Waals surface area contributed by atoms with Crippen molar-refractivity contribution in [3.8, 4) is 0 Å². The van der Waals surface area contributed by atoms with Crippen molar-refractivity contribution in [3.63, 3.8) is 0 Å². The lowest BCUT2D eigenvalue weighted by atomic mass is 10.1. The van der Waals surface area contributed by atoms with Gasteiger partial charge in [0.15, 0.2) is 5.65 Å². The minimum atomic E-state index is -1.17. The van der Waals surface area contributed by atoms with E-state index in [2.05, 4.69) is 15.5 Å². The number of hydrogen-bond acceptors (Lipinski definition) is 4. The Morgan fingerprint density at radius 3 is 2.84 bits per heavy atom. The van der Waals surface area contributed by atoms with Crippen molar-refractivity contribution in [1.29, 1.82) is 0 Å². The molecular weight excluding hydrogens is 348 g/mol. The van der Waals surface area contributed by atoms with Crippen LogP contribution in [0.5, 0.6) is 0 Å². The summed E-state index contributed by atoms with van der Waals surface area (Å²) in [5.41, 5.74) is 0.698. The second-order valence-corrected chi connectivity index (χ2v) is 5.81. The Labute approximate surface area is 146 Å². The summed E-state index contributed by atoms with van der Waals surface area (Å²) in [6, 6.07) is 8.56. The number of nitrogens with zero attached hydrogens (tertiary/aromatic N) is 2. The molecule has 0 aliphatic heterocycles. The summed E-state index contributed by atoms with van der Waals surface area (Å²) in [6.45, 7) is 0. The Kier molecular flexibility index (Phi) is 4.53. The molecule has 3 N–H and O–H groups in total. The maximum atomic E-state index is 12.3. The number of carboxylic acids is 1. The molecule has 2 heterocycles. The summed E-state index contributed by atoms with van der Waals surface area (Å²) in [4.78, 5) is 35.4. The highest BCUT2D eigenvalue weighted by Gasteiger charge is 2.21. The lowest BCUT2D eigenvalue weighted by molar-refractivity contribution is -0.139. The molecule has 2 aromatic heterocycles. The number of nitrogens with one attached hydrogen (secondary N) is 2. The van der Waals surface area contributed by atoms with Crippen LogP contribution in [-0.4, -0.2) is 37.6 Å². The average Bonchev–Trinajstić information content (AvgIpc) is 2.95. The molecular formula is C16H13ClN4O4. The Morgan fingerprint density at radius 1 is 1.32 bits per heavy atom. The number of pyridine rings is 1. The number of fused-ring (bicyclic) bond motifs is 1. The van der Waals surface area contributed by atoms with Crippen LogP contribution < -0.4 is 11.0 Å². The van der Waals surface area contributed by atoms with E-state index in [0.29, 0.717) is 16.2 Å². The summed E-state index contributed by atoms with van der Waals surface area (Å²) in [7, 11) is 0. The highest BCUT2D eigenvalue weighted by Crippen LogP contribution is 2.13. The van der Waals surface area contributed by atoms with Crippen molar-refractivity contribution in [2.75, 3.05) is 0 Å². The van der Waals surface area contributed by atoms with Gasteiger partial charge in [-0.1, -0.05) is 23.7 Å². The second kappa shape index (κ2) is 6.78. The minimum absolute atomic E-state index is 0.0789. The number of rotatable bonds is 5. The van der Waals surface area contributed by atoms with Gasteiger partial charge in [-0.3, -0.25) is 4.79 Å². The van der Waals surface area contributed by atoms with Crippen LogP contribution in [-0.2, 0) is 11.2 Å². The van der Waals surface area contributed by atoms with Crippen LogP contribution >= 0.6 is 11.6 Å². The van der Waals surface area contributed by atoms with Gasteiger partial charge in [-0.25, -0.2) is 19.1 Å². The van der Waals surface area contributed by atoms with E-state index < -0.39 is 23.6 Å². The smallest absolute Gasteiger partial charge is 0.347 e. The monoisotopic (exact) mass is 360 g/mol. The lowest BCUT2D eigenvalue weighted by Gasteiger charge is -2.15. The first-order valence-electron chi connectivity index (χ1n) is 7.29. The molecule has 3 rings (SSSR count). The van der Waals surface area contributed by atoms with E-state index in [-0.39, 0.29) is 12.0 Å². The maximum absolute atomic E-state index is 12.3. The normalized spacial score (nSPS) is 12.0. The molecule has 0 bridgehead atoms. The SMILES string of the molecule is O=C(N[C@H](Cc1cccc(Cl)c1)C(=O)O)c1ccc2n[nH]c(=O)n2c1. The van der Waals surface area contributed by atoms with Gasteiger partial charge >= 0.3 is 11.7 Å². The molecule has 1 atom stereocenters. The van der Waals surface area contributed by atoms with Gasteiger partial charge in [-0.15, -0.1) is 0 Å². The van der Waals surface area contributed by atoms with Gasteiger partial charge in [0.05, 0.1) is 5.56 Å². The maximum Gasteiger partial charge on any atom is 0.347 e. The number of aliphatic carboxylic acids is 1. The summed E-state index contributed by atoms with van der Waals surface area (Å²) >= 11 is 5.89. The van der Waals surface area contributed by atoms with Crippen molar-refractivity contribution < 1.29 is 14.7 Å². The number of amides is 1. The number of aromatic amines is 1. The Hall–Kier alpha value is -3.13. The number of benzene rings is 1. The summed E-state index contributed by atoms with van der Waals surface area (Å²) in [5, 5.41) is 18.3. The van der Waals surface area contributed by atoms with Gasteiger partial charge in [0.1, 0.15) is 6.04 Å². The van der Waals surface area contributed by atoms with Crippen LogP contribution in [0.25, 0.3) is 5.65 Å². The van der Waals surface area contributed by atoms with E-state index >= 15 is 0 Å². The Bertz CT molecular complexity index is 1010. The minimum Gasteiger partial charge on any atom is -0.480 e. The molecule has 0 unspecified atom stereocenters. The summed E-state index contributed by atoms with van der Waals surface area (Å²) in [6.07, 6.45) is 1.38. The fourth-order valence-corrected chi connectivity index (χ4v) is 2.59. The highest BCUT2D eigenvalue weighted by molar-refractivity contribution is 6.30. The molecule has 0 saturated carbocycles. The van der Waals surface area contributed by atoms with E-state index in [1.807, 2.05) is 0 Å². The first-order valence-corrected chi connectivity index (χ1v) is 7.67. The molecule has 0 aliphatic rings. The third-order valence-corrected chi connectivity index (χ3v) is 3.84. The molecule has 9 heteroatoms. The number of carbonyl (C=O) groups excluding carboxylic acids is 1. The third kappa shape index (κ3) is 3.69. The van der Waals surface area contributed by atoms with Crippen LogP contribution in [0.15, 0.2) is 47.4 Å². The number of carbonyl (C=O) groups is 2. The first-order chi connectivity index (χ1) is 11.9. The standard InChI is InChI=1S/C16H13ClN4O4/c17-11-3-1-2-9(6-11)7-12(15(23)24)18-14(22)10-4-5-13-19-20-16(25)21(13)8-10/h1-6,8,12H,7H2,(H,18,22)(H,20,25)(H,23,24)/t12-/m1/s1. The molecule has 0 radical (unpaired) electrons. The van der Waals surface area contributed by atoms with Crippen LogP contribution in [0.2, 0.25) is 5.02 Å². The quantitative estimate of drug-likeness (QED) is 0.630. The zero-order chi connectivity index (χ0) is 18.0. The van der Waals surface area contributed by atoms with Gasteiger partial charge in [-0.05, 0) is 29.8 Å². The van der Waals surface area contributed by atoms with Crippen molar-refractivity contribution in [1.82, 2.24) is 19.9 Å². The van der Waals surface area contributed by atoms with Crippen molar-refractivity contribution in [3.05, 3.63) is 69.2 Å². The zero-order valence-electron chi connectivity index (χ0n) is 12.8. The molecule has 128 valence electrons. The van der Waals surface area contributed by atoms with Crippen molar-refractivity contribution in [2.45, 2.75) is 12.5 Å². The fourth-order valence-electron chi connectivity index (χ4n) is 2.38. The summed E-state index contributed by atoms with van der Waals surface area (Å²) < 4.78 is 1.17. The molecule has 1 amide bonds. The number of halogens is 1. The Balaban J connectivity index is 1.81. The van der Waals surface area contributed by atoms with Crippen LogP contribution in [0, 0.1) is 0 Å². The predicted molar refractivity (Wildman–Crippen MR) is 89.9 cm³/mol. The Morgan fingerprint density at radius 2 is 2.12 bits per heavy atom. The zero-order valence-corrected chi connectivity index (χ0v) is 13.5. The van der Waals surface area contributed by atoms with Crippen LogP contribution in [0.3, 0.4) is 0 Å². The predicted octanol–water partition coefficient (Wildman–Crippen LogP) is 1.10. The molecule has 0 saturated heterocycles. The van der Waals surface area contributed by atoms with Gasteiger partial charge in [0, 0.05) is 17.6 Å². The third-order valence-electron chi connectivity index (χ3n) is 3.61. The highest BCUT2D eigenvalue weighted by atomic mass is 35.5. The average molecular weight is 361 g/mol. The molecule has 0 spiro atoms. The van der Waals surface area contributed by atoms with Gasteiger partial charge in [-0.2, -0.15) is 5.10 Å². The van der Waals surface area contributed by atoms with Crippen LogP contribution in [0.4, 0.5) is 0 Å². The molecule has 8 nitrogen and oxygen atoms in total. The van der Waals surface area contributed by atoms with Gasteiger partial charge in [0.2, 0.25) is 0 Å². The molecule has 1 aromatic carbocycles.